The van der Waals surface area contributed by atoms with E-state index in [-0.39, 0.29) is 18.4 Å². The maximum absolute atomic E-state index is 12.0. The number of carbonyl (C=O) groups is 2. The SMILES string of the molecule is CCCC(=O)Nc1ccc(NC(=O)CNc2ccc(C)c(Cl)c2)cc1. The monoisotopic (exact) mass is 359 g/mol. The van der Waals surface area contributed by atoms with Gasteiger partial charge in [0, 0.05) is 28.5 Å². The summed E-state index contributed by atoms with van der Waals surface area (Å²) in [4.78, 5) is 23.6. The summed E-state index contributed by atoms with van der Waals surface area (Å²) in [6.07, 6.45) is 1.30. The molecular weight excluding hydrogens is 338 g/mol. The zero-order valence-electron chi connectivity index (χ0n) is 14.4. The van der Waals surface area contributed by atoms with E-state index in [9.17, 15) is 9.59 Å². The minimum absolute atomic E-state index is 0.0137. The zero-order valence-corrected chi connectivity index (χ0v) is 15.1. The predicted octanol–water partition coefficient (Wildman–Crippen LogP) is 4.44. The van der Waals surface area contributed by atoms with E-state index in [4.69, 9.17) is 11.6 Å². The molecule has 2 aromatic rings. The van der Waals surface area contributed by atoms with Gasteiger partial charge in [-0.2, -0.15) is 0 Å². The van der Waals surface area contributed by atoms with Crippen LogP contribution in [-0.4, -0.2) is 18.4 Å². The van der Waals surface area contributed by atoms with Crippen LogP contribution in [0, 0.1) is 6.92 Å². The molecule has 0 fully saturated rings. The summed E-state index contributed by atoms with van der Waals surface area (Å²) < 4.78 is 0. The van der Waals surface area contributed by atoms with Crippen LogP contribution in [0.25, 0.3) is 0 Å². The number of benzene rings is 2. The van der Waals surface area contributed by atoms with E-state index in [1.807, 2.05) is 26.0 Å². The normalized spacial score (nSPS) is 10.2. The maximum Gasteiger partial charge on any atom is 0.243 e. The van der Waals surface area contributed by atoms with Gasteiger partial charge in [0.25, 0.3) is 0 Å². The molecule has 0 aromatic heterocycles. The number of halogens is 1. The molecule has 0 aliphatic heterocycles. The first-order valence-electron chi connectivity index (χ1n) is 8.17. The number of hydrogen-bond donors (Lipinski definition) is 3. The summed E-state index contributed by atoms with van der Waals surface area (Å²) in [6.45, 7) is 4.01. The van der Waals surface area contributed by atoms with Crippen LogP contribution in [0.15, 0.2) is 42.5 Å². The molecule has 0 saturated carbocycles. The van der Waals surface area contributed by atoms with Gasteiger partial charge in [0.15, 0.2) is 0 Å². The molecule has 0 aliphatic rings. The fraction of sp³-hybridized carbons (Fsp3) is 0.263. The topological polar surface area (TPSA) is 70.2 Å². The average molecular weight is 360 g/mol. The molecule has 25 heavy (non-hydrogen) atoms. The predicted molar refractivity (Wildman–Crippen MR) is 103 cm³/mol. The van der Waals surface area contributed by atoms with Gasteiger partial charge in [-0.15, -0.1) is 0 Å². The van der Waals surface area contributed by atoms with Crippen LogP contribution in [0.2, 0.25) is 5.02 Å². The molecule has 2 aromatic carbocycles. The van der Waals surface area contributed by atoms with Crippen LogP contribution in [0.4, 0.5) is 17.1 Å². The second-order valence-corrected chi connectivity index (χ2v) is 6.15. The van der Waals surface area contributed by atoms with Crippen molar-refractivity contribution in [1.29, 1.82) is 0 Å². The molecule has 6 heteroatoms. The zero-order chi connectivity index (χ0) is 18.2. The highest BCUT2D eigenvalue weighted by molar-refractivity contribution is 6.31. The Labute approximate surface area is 152 Å². The minimum atomic E-state index is -0.167. The van der Waals surface area contributed by atoms with Crippen LogP contribution in [0.5, 0.6) is 0 Å². The lowest BCUT2D eigenvalue weighted by Gasteiger charge is -2.10. The fourth-order valence-corrected chi connectivity index (χ4v) is 2.36. The molecule has 132 valence electrons. The largest absolute Gasteiger partial charge is 0.376 e. The Bertz CT molecular complexity index is 745. The quantitative estimate of drug-likeness (QED) is 0.684. The highest BCUT2D eigenvalue weighted by atomic mass is 35.5. The molecular formula is C19H22ClN3O2. The van der Waals surface area contributed by atoms with Crippen molar-refractivity contribution in [3.63, 3.8) is 0 Å². The van der Waals surface area contributed by atoms with Gasteiger partial charge in [-0.3, -0.25) is 9.59 Å². The highest BCUT2D eigenvalue weighted by Crippen LogP contribution is 2.20. The van der Waals surface area contributed by atoms with E-state index in [0.717, 1.165) is 17.7 Å². The fourth-order valence-electron chi connectivity index (χ4n) is 2.18. The lowest BCUT2D eigenvalue weighted by molar-refractivity contribution is -0.116. The number of carbonyl (C=O) groups excluding carboxylic acids is 2. The Balaban J connectivity index is 1.83. The van der Waals surface area contributed by atoms with Crippen molar-refractivity contribution in [1.82, 2.24) is 0 Å². The Kier molecular flexibility index (Phi) is 6.83. The number of rotatable bonds is 7. The molecule has 0 unspecified atom stereocenters. The highest BCUT2D eigenvalue weighted by Gasteiger charge is 2.05. The Morgan fingerprint density at radius 2 is 1.48 bits per heavy atom. The van der Waals surface area contributed by atoms with Gasteiger partial charge in [0.2, 0.25) is 11.8 Å². The summed E-state index contributed by atoms with van der Waals surface area (Å²) in [5, 5.41) is 9.29. The number of aryl methyl sites for hydroxylation is 1. The van der Waals surface area contributed by atoms with Gasteiger partial charge in [-0.05, 0) is 55.3 Å². The third-order valence-electron chi connectivity index (χ3n) is 3.55. The smallest absolute Gasteiger partial charge is 0.243 e. The third kappa shape index (κ3) is 6.12. The molecule has 2 rings (SSSR count). The van der Waals surface area contributed by atoms with Crippen molar-refractivity contribution in [2.24, 2.45) is 0 Å². The molecule has 0 aliphatic carbocycles. The molecule has 0 saturated heterocycles. The van der Waals surface area contributed by atoms with E-state index in [0.29, 0.717) is 22.8 Å². The average Bonchev–Trinajstić information content (AvgIpc) is 2.58. The van der Waals surface area contributed by atoms with Crippen molar-refractivity contribution in [2.45, 2.75) is 26.7 Å². The molecule has 0 bridgehead atoms. The van der Waals surface area contributed by atoms with Crippen LogP contribution in [0.1, 0.15) is 25.3 Å². The first-order chi connectivity index (χ1) is 12.0. The Morgan fingerprint density at radius 3 is 2.04 bits per heavy atom. The van der Waals surface area contributed by atoms with Crippen molar-refractivity contribution < 1.29 is 9.59 Å². The Morgan fingerprint density at radius 1 is 0.920 bits per heavy atom. The lowest BCUT2D eigenvalue weighted by Crippen LogP contribution is -2.21. The second kappa shape index (κ2) is 9.08. The van der Waals surface area contributed by atoms with Gasteiger partial charge in [0.05, 0.1) is 6.54 Å². The molecule has 0 spiro atoms. The van der Waals surface area contributed by atoms with Crippen molar-refractivity contribution in [3.05, 3.63) is 53.1 Å². The molecule has 2 amide bonds. The lowest BCUT2D eigenvalue weighted by atomic mass is 10.2. The van der Waals surface area contributed by atoms with Crippen LogP contribution >= 0.6 is 11.6 Å². The first-order valence-corrected chi connectivity index (χ1v) is 8.55. The summed E-state index contributed by atoms with van der Waals surface area (Å²) in [7, 11) is 0. The molecule has 3 N–H and O–H groups in total. The first kappa shape index (κ1) is 18.8. The Hall–Kier alpha value is -2.53. The van der Waals surface area contributed by atoms with Gasteiger partial charge in [0.1, 0.15) is 0 Å². The number of anilines is 3. The van der Waals surface area contributed by atoms with Gasteiger partial charge in [-0.1, -0.05) is 24.6 Å². The molecule has 0 atom stereocenters. The summed E-state index contributed by atoms with van der Waals surface area (Å²) >= 11 is 6.06. The summed E-state index contributed by atoms with van der Waals surface area (Å²) in [5.41, 5.74) is 3.16. The van der Waals surface area contributed by atoms with E-state index in [1.165, 1.54) is 0 Å². The number of amides is 2. The van der Waals surface area contributed by atoms with Crippen molar-refractivity contribution >= 4 is 40.5 Å². The molecule has 5 nitrogen and oxygen atoms in total. The van der Waals surface area contributed by atoms with Gasteiger partial charge >= 0.3 is 0 Å². The van der Waals surface area contributed by atoms with E-state index in [1.54, 1.807) is 30.3 Å². The number of hydrogen-bond acceptors (Lipinski definition) is 3. The third-order valence-corrected chi connectivity index (χ3v) is 3.96. The number of nitrogens with one attached hydrogen (secondary N) is 3. The summed E-state index contributed by atoms with van der Waals surface area (Å²) in [6, 6.07) is 12.6. The molecule has 0 heterocycles. The standard InChI is InChI=1S/C19H22ClN3O2/c1-3-4-18(24)22-14-7-9-15(10-8-14)23-19(25)12-21-16-6-5-13(2)17(20)11-16/h5-11,21H,3-4,12H2,1-2H3,(H,22,24)(H,23,25). The van der Waals surface area contributed by atoms with E-state index in [2.05, 4.69) is 16.0 Å². The van der Waals surface area contributed by atoms with E-state index >= 15 is 0 Å². The van der Waals surface area contributed by atoms with Gasteiger partial charge < -0.3 is 16.0 Å². The molecule has 0 radical (unpaired) electrons. The van der Waals surface area contributed by atoms with Crippen LogP contribution < -0.4 is 16.0 Å². The second-order valence-electron chi connectivity index (χ2n) is 5.74. The van der Waals surface area contributed by atoms with Crippen LogP contribution in [0.3, 0.4) is 0 Å². The minimum Gasteiger partial charge on any atom is -0.376 e. The maximum atomic E-state index is 12.0. The van der Waals surface area contributed by atoms with Crippen molar-refractivity contribution in [3.8, 4) is 0 Å². The van der Waals surface area contributed by atoms with Crippen LogP contribution in [-0.2, 0) is 9.59 Å². The summed E-state index contributed by atoms with van der Waals surface area (Å²) in [5.74, 6) is -0.181. The van der Waals surface area contributed by atoms with Gasteiger partial charge in [-0.25, -0.2) is 0 Å². The van der Waals surface area contributed by atoms with Crippen molar-refractivity contribution in [2.75, 3.05) is 22.5 Å². The van der Waals surface area contributed by atoms with E-state index < -0.39 is 0 Å².